The first-order chi connectivity index (χ1) is 15.3. The van der Waals surface area contributed by atoms with E-state index in [0.717, 1.165) is 5.56 Å². The number of methoxy groups -OCH3 is 2. The molecule has 1 saturated heterocycles. The summed E-state index contributed by atoms with van der Waals surface area (Å²) in [5.41, 5.74) is 0.775. The standard InChI is InChI=1S/C23H28FNO6S/c1-4-20(31-19-8-6-17(24)7-9-19)23(26)25(18-11-12-32(27,28)15-18)14-16-5-10-21(29-2)22(13-16)30-3/h5-10,13,18,20H,4,11-12,14-15H2,1-3H3. The van der Waals surface area contributed by atoms with Gasteiger partial charge in [-0.05, 0) is 54.8 Å². The first-order valence-corrected chi connectivity index (χ1v) is 12.2. The molecule has 7 nitrogen and oxygen atoms in total. The van der Waals surface area contributed by atoms with Crippen molar-refractivity contribution in [2.45, 2.75) is 38.5 Å². The molecule has 0 N–H and O–H groups in total. The average molecular weight is 466 g/mol. The Labute approximate surface area is 188 Å². The third-order valence-corrected chi connectivity index (χ3v) is 7.22. The van der Waals surface area contributed by atoms with Crippen molar-refractivity contribution in [3.05, 3.63) is 53.8 Å². The molecule has 1 fully saturated rings. The van der Waals surface area contributed by atoms with Gasteiger partial charge in [0.2, 0.25) is 0 Å². The molecule has 2 aromatic carbocycles. The summed E-state index contributed by atoms with van der Waals surface area (Å²) in [4.78, 5) is 15.1. The van der Waals surface area contributed by atoms with Gasteiger partial charge in [-0.25, -0.2) is 12.8 Å². The second kappa shape index (κ2) is 10.2. The summed E-state index contributed by atoms with van der Waals surface area (Å²) in [7, 11) is -0.144. The van der Waals surface area contributed by atoms with Crippen LogP contribution in [0.5, 0.6) is 17.2 Å². The van der Waals surface area contributed by atoms with Gasteiger partial charge in [0.15, 0.2) is 27.4 Å². The van der Waals surface area contributed by atoms with Gasteiger partial charge in [0.05, 0.1) is 25.7 Å². The minimum Gasteiger partial charge on any atom is -0.493 e. The second-order valence-corrected chi connectivity index (χ2v) is 9.91. The van der Waals surface area contributed by atoms with Crippen molar-refractivity contribution in [3.63, 3.8) is 0 Å². The number of rotatable bonds is 9. The molecule has 0 aromatic heterocycles. The number of sulfone groups is 1. The summed E-state index contributed by atoms with van der Waals surface area (Å²) in [5.74, 6) is 0.699. The van der Waals surface area contributed by atoms with Crippen LogP contribution in [0.15, 0.2) is 42.5 Å². The van der Waals surface area contributed by atoms with Gasteiger partial charge in [-0.15, -0.1) is 0 Å². The first-order valence-electron chi connectivity index (χ1n) is 10.4. The fourth-order valence-electron chi connectivity index (χ4n) is 3.75. The lowest BCUT2D eigenvalue weighted by molar-refractivity contribution is -0.141. The van der Waals surface area contributed by atoms with Crippen LogP contribution >= 0.6 is 0 Å². The van der Waals surface area contributed by atoms with Gasteiger partial charge in [0, 0.05) is 12.6 Å². The summed E-state index contributed by atoms with van der Waals surface area (Å²) >= 11 is 0. The van der Waals surface area contributed by atoms with Crippen LogP contribution in [-0.2, 0) is 21.2 Å². The molecular formula is C23H28FNO6S. The fraction of sp³-hybridized carbons (Fsp3) is 0.435. The van der Waals surface area contributed by atoms with Crippen LogP contribution < -0.4 is 14.2 Å². The van der Waals surface area contributed by atoms with Gasteiger partial charge < -0.3 is 19.1 Å². The molecule has 2 aromatic rings. The molecular weight excluding hydrogens is 437 g/mol. The Balaban J connectivity index is 1.87. The Morgan fingerprint density at radius 2 is 1.81 bits per heavy atom. The SMILES string of the molecule is CCC(Oc1ccc(F)cc1)C(=O)N(Cc1ccc(OC)c(OC)c1)C1CCS(=O)(=O)C1. The number of benzene rings is 2. The zero-order valence-corrected chi connectivity index (χ0v) is 19.2. The highest BCUT2D eigenvalue weighted by molar-refractivity contribution is 7.91. The van der Waals surface area contributed by atoms with Gasteiger partial charge in [-0.3, -0.25) is 4.79 Å². The van der Waals surface area contributed by atoms with E-state index in [4.69, 9.17) is 14.2 Å². The molecule has 9 heteroatoms. The summed E-state index contributed by atoms with van der Waals surface area (Å²) in [6, 6.07) is 10.3. The molecule has 1 aliphatic heterocycles. The number of halogens is 1. The number of nitrogens with zero attached hydrogens (tertiary/aromatic N) is 1. The number of carbonyl (C=O) groups excluding carboxylic acids is 1. The van der Waals surface area contributed by atoms with Crippen molar-refractivity contribution in [2.75, 3.05) is 25.7 Å². The van der Waals surface area contributed by atoms with E-state index in [0.29, 0.717) is 30.1 Å². The Morgan fingerprint density at radius 1 is 1.12 bits per heavy atom. The molecule has 1 aliphatic rings. The summed E-state index contributed by atoms with van der Waals surface area (Å²) in [6.07, 6.45) is -0.0872. The lowest BCUT2D eigenvalue weighted by Gasteiger charge is -2.32. The Kier molecular flexibility index (Phi) is 7.60. The molecule has 32 heavy (non-hydrogen) atoms. The van der Waals surface area contributed by atoms with Crippen LogP contribution in [0.2, 0.25) is 0 Å². The second-order valence-electron chi connectivity index (χ2n) is 7.68. The summed E-state index contributed by atoms with van der Waals surface area (Å²) in [6.45, 7) is 2.01. The predicted molar refractivity (Wildman–Crippen MR) is 118 cm³/mol. The summed E-state index contributed by atoms with van der Waals surface area (Å²) in [5, 5.41) is 0. The van der Waals surface area contributed by atoms with Crippen molar-refractivity contribution in [1.29, 1.82) is 0 Å². The predicted octanol–water partition coefficient (Wildman–Crippen LogP) is 3.22. The zero-order chi connectivity index (χ0) is 23.3. The van der Waals surface area contributed by atoms with E-state index in [2.05, 4.69) is 0 Å². The van der Waals surface area contributed by atoms with E-state index in [1.165, 1.54) is 38.5 Å². The number of hydrogen-bond donors (Lipinski definition) is 0. The van der Waals surface area contributed by atoms with E-state index >= 15 is 0 Å². The van der Waals surface area contributed by atoms with E-state index in [1.54, 1.807) is 17.0 Å². The molecule has 0 spiro atoms. The molecule has 0 saturated carbocycles. The van der Waals surface area contributed by atoms with Crippen LogP contribution in [0, 0.1) is 5.82 Å². The quantitative estimate of drug-likeness (QED) is 0.566. The van der Waals surface area contributed by atoms with Crippen molar-refractivity contribution >= 4 is 15.7 Å². The molecule has 174 valence electrons. The number of carbonyl (C=O) groups is 1. The molecule has 3 rings (SSSR count). The molecule has 0 radical (unpaired) electrons. The normalized spacial score (nSPS) is 18.1. The zero-order valence-electron chi connectivity index (χ0n) is 18.4. The van der Waals surface area contributed by atoms with Gasteiger partial charge in [0.1, 0.15) is 11.6 Å². The van der Waals surface area contributed by atoms with E-state index in [1.807, 2.05) is 13.0 Å². The number of amides is 1. The first kappa shape index (κ1) is 23.8. The van der Waals surface area contributed by atoms with Crippen LogP contribution in [0.4, 0.5) is 4.39 Å². The van der Waals surface area contributed by atoms with Gasteiger partial charge >= 0.3 is 0 Å². The van der Waals surface area contributed by atoms with Crippen molar-refractivity contribution < 1.29 is 31.8 Å². The Hall–Kier alpha value is -2.81. The van der Waals surface area contributed by atoms with Gasteiger partial charge in [-0.2, -0.15) is 0 Å². The van der Waals surface area contributed by atoms with Gasteiger partial charge in [0.25, 0.3) is 5.91 Å². The van der Waals surface area contributed by atoms with Crippen LogP contribution in [0.1, 0.15) is 25.3 Å². The monoisotopic (exact) mass is 465 g/mol. The lowest BCUT2D eigenvalue weighted by Crippen LogP contribution is -2.47. The molecule has 1 heterocycles. The molecule has 2 atom stereocenters. The topological polar surface area (TPSA) is 82.1 Å². The van der Waals surface area contributed by atoms with E-state index in [9.17, 15) is 17.6 Å². The number of hydrogen-bond acceptors (Lipinski definition) is 6. The number of ether oxygens (including phenoxy) is 3. The Bertz CT molecular complexity index is 1040. The lowest BCUT2D eigenvalue weighted by atomic mass is 10.1. The minimum absolute atomic E-state index is 0.0446. The maximum absolute atomic E-state index is 13.5. The smallest absolute Gasteiger partial charge is 0.264 e. The molecule has 0 aliphatic carbocycles. The minimum atomic E-state index is -3.21. The maximum atomic E-state index is 13.5. The van der Waals surface area contributed by atoms with Crippen LogP contribution in [-0.4, -0.2) is 57.1 Å². The third kappa shape index (κ3) is 5.70. The Morgan fingerprint density at radius 3 is 2.38 bits per heavy atom. The summed E-state index contributed by atoms with van der Waals surface area (Å²) < 4.78 is 53.9. The van der Waals surface area contributed by atoms with Crippen molar-refractivity contribution in [1.82, 2.24) is 4.90 Å². The highest BCUT2D eigenvalue weighted by Crippen LogP contribution is 2.30. The van der Waals surface area contributed by atoms with Gasteiger partial charge in [-0.1, -0.05) is 13.0 Å². The van der Waals surface area contributed by atoms with Crippen molar-refractivity contribution in [2.24, 2.45) is 0 Å². The van der Waals surface area contributed by atoms with Crippen LogP contribution in [0.25, 0.3) is 0 Å². The van der Waals surface area contributed by atoms with Crippen molar-refractivity contribution in [3.8, 4) is 17.2 Å². The molecule has 1 amide bonds. The van der Waals surface area contributed by atoms with Crippen LogP contribution in [0.3, 0.4) is 0 Å². The molecule has 2 unspecified atom stereocenters. The average Bonchev–Trinajstić information content (AvgIpc) is 3.15. The largest absolute Gasteiger partial charge is 0.493 e. The molecule has 0 bridgehead atoms. The maximum Gasteiger partial charge on any atom is 0.264 e. The highest BCUT2D eigenvalue weighted by atomic mass is 32.2. The van der Waals surface area contributed by atoms with E-state index in [-0.39, 0.29) is 24.0 Å². The third-order valence-electron chi connectivity index (χ3n) is 5.47. The highest BCUT2D eigenvalue weighted by Gasteiger charge is 2.37. The fourth-order valence-corrected chi connectivity index (χ4v) is 5.49. The van der Waals surface area contributed by atoms with E-state index < -0.39 is 27.8 Å².